The lowest BCUT2D eigenvalue weighted by molar-refractivity contribution is -0.377. The predicted octanol–water partition coefficient (Wildman–Crippen LogP) is 1.09. The third-order valence-electron chi connectivity index (χ3n) is 1.38. The summed E-state index contributed by atoms with van der Waals surface area (Å²) < 4.78 is 4.69. The van der Waals surface area contributed by atoms with Crippen LogP contribution in [0.1, 0.15) is 0 Å². The van der Waals surface area contributed by atoms with Gasteiger partial charge in [0, 0.05) is 6.08 Å². The number of methoxy groups -OCH3 is 1. The van der Waals surface area contributed by atoms with E-state index >= 15 is 0 Å². The fourth-order valence-electron chi connectivity index (χ4n) is 0.880. The molecule has 4 nitrogen and oxygen atoms in total. The van der Waals surface area contributed by atoms with Crippen molar-refractivity contribution in [2.45, 2.75) is 0 Å². The standard InChI is InChI=1S/C8H8NO3/c1-12-6-7-4-2-3-5-8(7)9(10)11/h2-6H,1H3/q-1/b7-6+. The number of rotatable bonds is 1. The summed E-state index contributed by atoms with van der Waals surface area (Å²) in [7, 11) is 1.46. The normalized spacial score (nSPS) is 18.4. The van der Waals surface area contributed by atoms with E-state index in [0.717, 1.165) is 0 Å². The molecule has 64 valence electrons. The van der Waals surface area contributed by atoms with Gasteiger partial charge in [0.05, 0.1) is 18.9 Å². The van der Waals surface area contributed by atoms with Crippen molar-refractivity contribution < 1.29 is 9.64 Å². The van der Waals surface area contributed by atoms with Gasteiger partial charge in [0.2, 0.25) is 5.71 Å². The maximum atomic E-state index is 10.4. The summed E-state index contributed by atoms with van der Waals surface area (Å²) >= 11 is 0. The molecule has 0 amide bonds. The lowest BCUT2D eigenvalue weighted by atomic mass is 10.1. The third-order valence-corrected chi connectivity index (χ3v) is 1.38. The summed E-state index contributed by atoms with van der Waals surface area (Å²) in [6, 6.07) is 0. The smallest absolute Gasteiger partial charge is 0.233 e. The average molecular weight is 166 g/mol. The Morgan fingerprint density at radius 1 is 1.33 bits per heavy atom. The molecule has 0 aliphatic heterocycles. The van der Waals surface area contributed by atoms with Crippen molar-refractivity contribution in [2.24, 2.45) is 0 Å². The van der Waals surface area contributed by atoms with Gasteiger partial charge in [-0.1, -0.05) is 12.2 Å². The molecule has 0 radical (unpaired) electrons. The van der Waals surface area contributed by atoms with Crippen LogP contribution in [0.5, 0.6) is 0 Å². The summed E-state index contributed by atoms with van der Waals surface area (Å²) in [5.74, 6) is 0. The van der Waals surface area contributed by atoms with Crippen molar-refractivity contribution in [2.75, 3.05) is 7.11 Å². The Balaban J connectivity index is 3.02. The second-order valence-electron chi connectivity index (χ2n) is 2.17. The van der Waals surface area contributed by atoms with Gasteiger partial charge in [-0.05, 0) is 6.08 Å². The number of hydrogen-bond donors (Lipinski definition) is 0. The highest BCUT2D eigenvalue weighted by Crippen LogP contribution is 2.07. The quantitative estimate of drug-likeness (QED) is 0.333. The van der Waals surface area contributed by atoms with Crippen LogP contribution in [0, 0.1) is 10.4 Å². The Morgan fingerprint density at radius 2 is 2.00 bits per heavy atom. The summed E-state index contributed by atoms with van der Waals surface area (Å²) in [5, 5.41) is 20.9. The lowest BCUT2D eigenvalue weighted by Crippen LogP contribution is -2.11. The Bertz CT molecular complexity index is 283. The fourth-order valence-corrected chi connectivity index (χ4v) is 0.880. The van der Waals surface area contributed by atoms with Crippen LogP contribution in [0.15, 0.2) is 36.1 Å². The van der Waals surface area contributed by atoms with Gasteiger partial charge in [-0.3, -0.25) is 0 Å². The first-order chi connectivity index (χ1) is 5.75. The van der Waals surface area contributed by atoms with Gasteiger partial charge in [0.1, 0.15) is 0 Å². The molecule has 0 bridgehead atoms. The van der Waals surface area contributed by atoms with Crippen LogP contribution in [-0.2, 0) is 4.74 Å². The Kier molecular flexibility index (Phi) is 2.53. The fraction of sp³-hybridized carbons (Fsp3) is 0.125. The molecule has 0 fully saturated rings. The zero-order chi connectivity index (χ0) is 8.97. The number of ether oxygens (including phenoxy) is 1. The van der Waals surface area contributed by atoms with Crippen LogP contribution >= 0.6 is 0 Å². The molecule has 0 saturated carbocycles. The molecule has 0 atom stereocenters. The largest absolute Gasteiger partial charge is 0.612 e. The second-order valence-corrected chi connectivity index (χ2v) is 2.17. The van der Waals surface area contributed by atoms with Gasteiger partial charge < -0.3 is 15.2 Å². The van der Waals surface area contributed by atoms with Crippen LogP contribution < -0.4 is 0 Å². The van der Waals surface area contributed by atoms with Gasteiger partial charge >= 0.3 is 0 Å². The molecule has 1 aliphatic carbocycles. The zero-order valence-electron chi connectivity index (χ0n) is 6.56. The summed E-state index contributed by atoms with van der Waals surface area (Å²) in [6.07, 6.45) is 7.74. The van der Waals surface area contributed by atoms with Gasteiger partial charge in [0.25, 0.3) is 0 Å². The number of nitrogens with zero attached hydrogens (tertiary/aromatic N) is 1. The van der Waals surface area contributed by atoms with Crippen molar-refractivity contribution in [3.63, 3.8) is 0 Å². The van der Waals surface area contributed by atoms with E-state index in [1.54, 1.807) is 18.2 Å². The Labute approximate surface area is 69.9 Å². The highest BCUT2D eigenvalue weighted by Gasteiger charge is 2.09. The molecule has 0 spiro atoms. The van der Waals surface area contributed by atoms with Crippen LogP contribution in [-0.4, -0.2) is 17.7 Å². The number of allylic oxidation sites excluding steroid dienone is 5. The van der Waals surface area contributed by atoms with Crippen LogP contribution in [0.4, 0.5) is 0 Å². The Morgan fingerprint density at radius 3 is 2.58 bits per heavy atom. The van der Waals surface area contributed by atoms with Crippen molar-refractivity contribution in [1.82, 2.24) is 0 Å². The molecule has 0 heterocycles. The minimum atomic E-state index is -0.440. The predicted molar refractivity (Wildman–Crippen MR) is 45.4 cm³/mol. The molecule has 1 aliphatic rings. The lowest BCUT2D eigenvalue weighted by Gasteiger charge is -2.10. The van der Waals surface area contributed by atoms with E-state index in [1.807, 2.05) is 0 Å². The molecule has 4 heteroatoms. The highest BCUT2D eigenvalue weighted by atomic mass is 16.8. The molecular weight excluding hydrogens is 158 g/mol. The van der Waals surface area contributed by atoms with Crippen LogP contribution in [0.3, 0.4) is 0 Å². The maximum absolute atomic E-state index is 10.4. The van der Waals surface area contributed by atoms with Crippen molar-refractivity contribution in [3.05, 3.63) is 46.6 Å². The van der Waals surface area contributed by atoms with Crippen molar-refractivity contribution >= 4 is 5.71 Å². The van der Waals surface area contributed by atoms with Gasteiger partial charge in [-0.2, -0.15) is 4.90 Å². The van der Waals surface area contributed by atoms with E-state index in [2.05, 4.69) is 4.74 Å². The molecule has 0 saturated heterocycles. The molecule has 0 aromatic carbocycles. The first-order valence-electron chi connectivity index (χ1n) is 3.35. The summed E-state index contributed by atoms with van der Waals surface area (Å²) in [5.41, 5.74) is 0.532. The zero-order valence-corrected chi connectivity index (χ0v) is 6.56. The van der Waals surface area contributed by atoms with E-state index in [4.69, 9.17) is 0 Å². The molecule has 0 N–H and O–H groups in total. The summed E-state index contributed by atoms with van der Waals surface area (Å²) in [6.45, 7) is 0. The molecule has 0 aromatic rings. The van der Waals surface area contributed by atoms with E-state index in [1.165, 1.54) is 19.4 Å². The first-order valence-corrected chi connectivity index (χ1v) is 3.35. The van der Waals surface area contributed by atoms with Crippen molar-refractivity contribution in [1.29, 1.82) is 0 Å². The van der Waals surface area contributed by atoms with E-state index < -0.39 is 4.90 Å². The monoisotopic (exact) mass is 166 g/mol. The first kappa shape index (κ1) is 8.39. The highest BCUT2D eigenvalue weighted by molar-refractivity contribution is 6.08. The van der Waals surface area contributed by atoms with Crippen LogP contribution in [0.25, 0.3) is 0 Å². The van der Waals surface area contributed by atoms with Crippen molar-refractivity contribution in [3.8, 4) is 0 Å². The van der Waals surface area contributed by atoms with E-state index in [0.29, 0.717) is 5.57 Å². The third kappa shape index (κ3) is 1.66. The van der Waals surface area contributed by atoms with Gasteiger partial charge in [0.15, 0.2) is 0 Å². The minimum Gasteiger partial charge on any atom is -0.612 e. The average Bonchev–Trinajstić information content (AvgIpc) is 2.05. The Hall–Kier alpha value is -1.71. The molecule has 0 unspecified atom stereocenters. The summed E-state index contributed by atoms with van der Waals surface area (Å²) in [4.78, 5) is -0.440. The van der Waals surface area contributed by atoms with E-state index in [9.17, 15) is 10.4 Å². The van der Waals surface area contributed by atoms with Crippen LogP contribution in [0.2, 0.25) is 0 Å². The molecule has 1 rings (SSSR count). The van der Waals surface area contributed by atoms with E-state index in [-0.39, 0.29) is 5.71 Å². The number of hydrogen-bond acceptors (Lipinski definition) is 3. The SMILES string of the molecule is CO/C=C1\C=CC=CC1=[N+]([O-])[O-]. The van der Waals surface area contributed by atoms with Gasteiger partial charge in [-0.15, -0.1) is 0 Å². The molecule has 12 heavy (non-hydrogen) atoms. The molecule has 0 aromatic heterocycles. The second kappa shape index (κ2) is 3.61. The minimum absolute atomic E-state index is 0.0550. The molecular formula is C8H8NO3-. The topological polar surface area (TPSA) is 58.4 Å². The van der Waals surface area contributed by atoms with Gasteiger partial charge in [-0.25, -0.2) is 0 Å². The maximum Gasteiger partial charge on any atom is 0.233 e.